The zero-order chi connectivity index (χ0) is 21.4. The standard InChI is InChI=1S/C21H19BrFN5O2/c1-13-6-15(12-28-19(22)9-24-20(13)28)21(29)27(11-14-8-25-26(2)10-14)16-4-5-17(23)18(7-16)30-3/h4-10,12H,11H2,1-3H3. The van der Waals surface area contributed by atoms with Gasteiger partial charge in [0.25, 0.3) is 5.91 Å². The summed E-state index contributed by atoms with van der Waals surface area (Å²) in [6.07, 6.45) is 6.96. The molecule has 1 amide bonds. The van der Waals surface area contributed by atoms with Gasteiger partial charge in [-0.2, -0.15) is 5.10 Å². The Morgan fingerprint density at radius 2 is 2.07 bits per heavy atom. The molecule has 0 fully saturated rings. The molecular formula is C21H19BrFN5O2. The van der Waals surface area contributed by atoms with Gasteiger partial charge < -0.3 is 9.64 Å². The van der Waals surface area contributed by atoms with Crippen molar-refractivity contribution in [1.82, 2.24) is 19.2 Å². The molecule has 0 N–H and O–H groups in total. The predicted molar refractivity (Wildman–Crippen MR) is 114 cm³/mol. The number of pyridine rings is 1. The summed E-state index contributed by atoms with van der Waals surface area (Å²) in [6, 6.07) is 6.17. The van der Waals surface area contributed by atoms with Crippen molar-refractivity contribution in [2.45, 2.75) is 13.5 Å². The van der Waals surface area contributed by atoms with E-state index in [2.05, 4.69) is 26.0 Å². The van der Waals surface area contributed by atoms with Crippen LogP contribution in [0.2, 0.25) is 0 Å². The van der Waals surface area contributed by atoms with Crippen molar-refractivity contribution in [2.24, 2.45) is 7.05 Å². The summed E-state index contributed by atoms with van der Waals surface area (Å²) in [5, 5.41) is 4.18. The van der Waals surface area contributed by atoms with Crippen molar-refractivity contribution < 1.29 is 13.9 Å². The lowest BCUT2D eigenvalue weighted by molar-refractivity contribution is 0.0984. The smallest absolute Gasteiger partial charge is 0.260 e. The van der Waals surface area contributed by atoms with Crippen LogP contribution in [0, 0.1) is 12.7 Å². The molecule has 30 heavy (non-hydrogen) atoms. The third kappa shape index (κ3) is 3.68. The first-order valence-electron chi connectivity index (χ1n) is 9.13. The van der Waals surface area contributed by atoms with Gasteiger partial charge in [-0.15, -0.1) is 0 Å². The molecule has 0 aliphatic heterocycles. The second kappa shape index (κ2) is 7.91. The largest absolute Gasteiger partial charge is 0.494 e. The minimum absolute atomic E-state index is 0.0699. The molecule has 0 bridgehead atoms. The first kappa shape index (κ1) is 20.1. The second-order valence-electron chi connectivity index (χ2n) is 6.92. The van der Waals surface area contributed by atoms with Crippen LogP contribution in [0.25, 0.3) is 5.65 Å². The molecule has 154 valence electrons. The van der Waals surface area contributed by atoms with Gasteiger partial charge in [0.05, 0.1) is 31.6 Å². The molecule has 0 aliphatic carbocycles. The minimum Gasteiger partial charge on any atom is -0.494 e. The maximum Gasteiger partial charge on any atom is 0.260 e. The number of fused-ring (bicyclic) bond motifs is 1. The van der Waals surface area contributed by atoms with Crippen LogP contribution in [0.5, 0.6) is 5.75 Å². The molecule has 0 saturated heterocycles. The number of hydrogen-bond donors (Lipinski definition) is 0. The number of anilines is 1. The molecule has 0 radical (unpaired) electrons. The summed E-state index contributed by atoms with van der Waals surface area (Å²) >= 11 is 3.46. The zero-order valence-electron chi connectivity index (χ0n) is 16.6. The van der Waals surface area contributed by atoms with Crippen molar-refractivity contribution in [3.8, 4) is 5.75 Å². The van der Waals surface area contributed by atoms with Crippen LogP contribution in [0.1, 0.15) is 21.5 Å². The van der Waals surface area contributed by atoms with Crippen LogP contribution in [0.3, 0.4) is 0 Å². The van der Waals surface area contributed by atoms with Crippen molar-refractivity contribution in [1.29, 1.82) is 0 Å². The molecule has 0 saturated carbocycles. The Morgan fingerprint density at radius 1 is 1.27 bits per heavy atom. The van der Waals surface area contributed by atoms with Gasteiger partial charge in [-0.25, -0.2) is 9.37 Å². The summed E-state index contributed by atoms with van der Waals surface area (Å²) < 4.78 is 23.3. The topological polar surface area (TPSA) is 64.7 Å². The molecule has 4 aromatic rings. The number of methoxy groups -OCH3 is 1. The summed E-state index contributed by atoms with van der Waals surface area (Å²) in [4.78, 5) is 19.5. The van der Waals surface area contributed by atoms with Crippen LogP contribution < -0.4 is 9.64 Å². The monoisotopic (exact) mass is 471 g/mol. The maximum absolute atomic E-state index is 14.0. The number of aryl methyl sites for hydroxylation is 2. The van der Waals surface area contributed by atoms with Gasteiger partial charge in [0.1, 0.15) is 10.3 Å². The quantitative estimate of drug-likeness (QED) is 0.438. The third-order valence-electron chi connectivity index (χ3n) is 4.78. The molecule has 3 aromatic heterocycles. The Balaban J connectivity index is 1.80. The Kier molecular flexibility index (Phi) is 5.29. The molecule has 1 aromatic carbocycles. The summed E-state index contributed by atoms with van der Waals surface area (Å²) in [5.74, 6) is -0.659. The number of carbonyl (C=O) groups is 1. The van der Waals surface area contributed by atoms with Crippen LogP contribution in [0.15, 0.2) is 53.7 Å². The van der Waals surface area contributed by atoms with Gasteiger partial charge in [0, 0.05) is 36.8 Å². The number of nitrogens with zero attached hydrogens (tertiary/aromatic N) is 5. The van der Waals surface area contributed by atoms with E-state index in [1.54, 1.807) is 40.3 Å². The molecule has 3 heterocycles. The SMILES string of the molecule is COc1cc(N(Cc2cnn(C)c2)C(=O)c2cc(C)c3ncc(Br)n3c2)ccc1F. The second-order valence-corrected chi connectivity index (χ2v) is 7.73. The number of carbonyl (C=O) groups excluding carboxylic acids is 1. The highest BCUT2D eigenvalue weighted by molar-refractivity contribution is 9.10. The van der Waals surface area contributed by atoms with Gasteiger partial charge in [-0.1, -0.05) is 0 Å². The maximum atomic E-state index is 14.0. The molecule has 0 aliphatic rings. The summed E-state index contributed by atoms with van der Waals surface area (Å²) in [6.45, 7) is 2.17. The fourth-order valence-electron chi connectivity index (χ4n) is 3.33. The highest BCUT2D eigenvalue weighted by Gasteiger charge is 2.22. The van der Waals surface area contributed by atoms with Crippen molar-refractivity contribution in [3.05, 3.63) is 76.2 Å². The Morgan fingerprint density at radius 3 is 2.77 bits per heavy atom. The van der Waals surface area contributed by atoms with Crippen molar-refractivity contribution in [2.75, 3.05) is 12.0 Å². The van der Waals surface area contributed by atoms with E-state index in [-0.39, 0.29) is 18.2 Å². The van der Waals surface area contributed by atoms with Gasteiger partial charge in [-0.05, 0) is 46.6 Å². The van der Waals surface area contributed by atoms with Crippen LogP contribution in [0.4, 0.5) is 10.1 Å². The number of benzene rings is 1. The summed E-state index contributed by atoms with van der Waals surface area (Å²) in [5.41, 5.74) is 3.47. The molecule has 7 nitrogen and oxygen atoms in total. The van der Waals surface area contributed by atoms with Crippen LogP contribution in [-0.2, 0) is 13.6 Å². The van der Waals surface area contributed by atoms with Crippen molar-refractivity contribution in [3.63, 3.8) is 0 Å². The third-order valence-corrected chi connectivity index (χ3v) is 5.37. The van der Waals surface area contributed by atoms with Crippen LogP contribution in [-0.4, -0.2) is 32.2 Å². The van der Waals surface area contributed by atoms with E-state index in [1.807, 2.05) is 24.6 Å². The van der Waals surface area contributed by atoms with E-state index in [1.165, 1.54) is 19.2 Å². The fourth-order valence-corrected chi connectivity index (χ4v) is 3.71. The van der Waals surface area contributed by atoms with E-state index < -0.39 is 5.82 Å². The Hall–Kier alpha value is -3.20. The normalized spacial score (nSPS) is 11.1. The molecule has 9 heteroatoms. The first-order chi connectivity index (χ1) is 14.4. The summed E-state index contributed by atoms with van der Waals surface area (Å²) in [7, 11) is 3.20. The number of rotatable bonds is 5. The van der Waals surface area contributed by atoms with Crippen molar-refractivity contribution >= 4 is 33.2 Å². The number of halogens is 2. The number of hydrogen-bond acceptors (Lipinski definition) is 4. The highest BCUT2D eigenvalue weighted by atomic mass is 79.9. The number of ether oxygens (including phenoxy) is 1. The van der Waals surface area contributed by atoms with E-state index in [9.17, 15) is 9.18 Å². The molecular weight excluding hydrogens is 453 g/mol. The lowest BCUT2D eigenvalue weighted by Crippen LogP contribution is -2.30. The molecule has 4 rings (SSSR count). The minimum atomic E-state index is -0.491. The number of aromatic nitrogens is 4. The molecule has 0 spiro atoms. The lowest BCUT2D eigenvalue weighted by Gasteiger charge is -2.23. The van der Waals surface area contributed by atoms with Gasteiger partial charge >= 0.3 is 0 Å². The molecule has 0 unspecified atom stereocenters. The lowest BCUT2D eigenvalue weighted by atomic mass is 10.1. The average molecular weight is 472 g/mol. The van der Waals surface area contributed by atoms with Gasteiger partial charge in [0.2, 0.25) is 0 Å². The zero-order valence-corrected chi connectivity index (χ0v) is 18.2. The Labute approximate surface area is 180 Å². The Bertz CT molecular complexity index is 1250. The number of imidazole rings is 1. The van der Waals surface area contributed by atoms with E-state index in [0.29, 0.717) is 11.3 Å². The fraction of sp³-hybridized carbons (Fsp3) is 0.190. The van der Waals surface area contributed by atoms with E-state index in [0.717, 1.165) is 21.4 Å². The number of amides is 1. The highest BCUT2D eigenvalue weighted by Crippen LogP contribution is 2.28. The predicted octanol–water partition coefficient (Wildman–Crippen LogP) is 4.13. The van der Waals surface area contributed by atoms with E-state index in [4.69, 9.17) is 4.74 Å². The van der Waals surface area contributed by atoms with Crippen LogP contribution >= 0.6 is 15.9 Å². The van der Waals surface area contributed by atoms with Gasteiger partial charge in [-0.3, -0.25) is 13.9 Å². The average Bonchev–Trinajstić information content (AvgIpc) is 3.32. The van der Waals surface area contributed by atoms with Gasteiger partial charge in [0.15, 0.2) is 11.6 Å². The molecule has 0 atom stereocenters. The van der Waals surface area contributed by atoms with E-state index >= 15 is 0 Å². The first-order valence-corrected chi connectivity index (χ1v) is 9.93.